The molecule has 0 amide bonds. The van der Waals surface area contributed by atoms with Gasteiger partial charge in [-0.3, -0.25) is 0 Å². The van der Waals surface area contributed by atoms with E-state index in [9.17, 15) is 8.78 Å². The molecule has 0 saturated heterocycles. The molecule has 0 bridgehead atoms. The van der Waals surface area contributed by atoms with Gasteiger partial charge in [-0.1, -0.05) is 33.6 Å². The zero-order valence-electron chi connectivity index (χ0n) is 11.5. The summed E-state index contributed by atoms with van der Waals surface area (Å²) in [6.07, 6.45) is 0.848. The van der Waals surface area contributed by atoms with Gasteiger partial charge in [0, 0.05) is 21.1 Å². The van der Waals surface area contributed by atoms with Gasteiger partial charge in [0.2, 0.25) is 0 Å². The normalized spacial score (nSPS) is 12.4. The standard InChI is InChI=1S/C16H15BrClF2N/c1-21-12(8-10-7-11(17)5-6-15(10)19)9-13-14(18)3-2-4-16(13)20/h2-7,12,21H,8-9H2,1H3. The Bertz CT molecular complexity index is 613. The second-order valence-electron chi connectivity index (χ2n) is 4.83. The summed E-state index contributed by atoms with van der Waals surface area (Å²) in [6, 6.07) is 9.32. The first-order chi connectivity index (χ1) is 10.0. The molecule has 1 N–H and O–H groups in total. The maximum Gasteiger partial charge on any atom is 0.127 e. The van der Waals surface area contributed by atoms with Crippen molar-refractivity contribution in [1.82, 2.24) is 5.32 Å². The van der Waals surface area contributed by atoms with Gasteiger partial charge in [-0.05, 0) is 55.8 Å². The number of nitrogens with one attached hydrogen (secondary N) is 1. The summed E-state index contributed by atoms with van der Waals surface area (Å²) in [6.45, 7) is 0. The number of hydrogen-bond donors (Lipinski definition) is 1. The van der Waals surface area contributed by atoms with Crippen LogP contribution in [0.4, 0.5) is 8.78 Å². The third-order valence-electron chi connectivity index (χ3n) is 3.39. The fraction of sp³-hybridized carbons (Fsp3) is 0.250. The summed E-state index contributed by atoms with van der Waals surface area (Å²) in [7, 11) is 1.77. The molecule has 1 unspecified atom stereocenters. The molecule has 2 aromatic rings. The predicted molar refractivity (Wildman–Crippen MR) is 85.8 cm³/mol. The molecule has 2 rings (SSSR count). The van der Waals surface area contributed by atoms with E-state index in [1.54, 1.807) is 31.3 Å². The molecule has 0 heterocycles. The minimum Gasteiger partial charge on any atom is -0.316 e. The molecule has 5 heteroatoms. The molecule has 0 aliphatic heterocycles. The van der Waals surface area contributed by atoms with Crippen LogP contribution in [0.2, 0.25) is 5.02 Å². The number of halogens is 4. The van der Waals surface area contributed by atoms with E-state index in [0.717, 1.165) is 4.47 Å². The van der Waals surface area contributed by atoms with Crippen LogP contribution in [-0.4, -0.2) is 13.1 Å². The van der Waals surface area contributed by atoms with E-state index in [4.69, 9.17) is 11.6 Å². The van der Waals surface area contributed by atoms with Crippen molar-refractivity contribution in [1.29, 1.82) is 0 Å². The second-order valence-corrected chi connectivity index (χ2v) is 6.15. The van der Waals surface area contributed by atoms with Gasteiger partial charge < -0.3 is 5.32 Å². The number of benzene rings is 2. The Morgan fingerprint density at radius 3 is 2.57 bits per heavy atom. The molecular formula is C16H15BrClF2N. The topological polar surface area (TPSA) is 12.0 Å². The van der Waals surface area contributed by atoms with E-state index >= 15 is 0 Å². The van der Waals surface area contributed by atoms with Crippen LogP contribution >= 0.6 is 27.5 Å². The maximum atomic E-state index is 13.8. The quantitative estimate of drug-likeness (QED) is 0.796. The third-order valence-corrected chi connectivity index (χ3v) is 4.24. The van der Waals surface area contributed by atoms with Crippen molar-refractivity contribution >= 4 is 27.5 Å². The zero-order chi connectivity index (χ0) is 15.4. The van der Waals surface area contributed by atoms with Crippen molar-refractivity contribution in [2.24, 2.45) is 0 Å². The van der Waals surface area contributed by atoms with Gasteiger partial charge in [0.05, 0.1) is 0 Å². The van der Waals surface area contributed by atoms with E-state index < -0.39 is 0 Å². The summed E-state index contributed by atoms with van der Waals surface area (Å²) >= 11 is 9.37. The van der Waals surface area contributed by atoms with E-state index in [1.165, 1.54) is 12.1 Å². The van der Waals surface area contributed by atoms with Gasteiger partial charge in [-0.25, -0.2) is 8.78 Å². The van der Waals surface area contributed by atoms with Crippen LogP contribution < -0.4 is 5.32 Å². The Balaban J connectivity index is 2.19. The summed E-state index contributed by atoms with van der Waals surface area (Å²) in [5, 5.41) is 3.49. The third kappa shape index (κ3) is 4.25. The second kappa shape index (κ2) is 7.34. The van der Waals surface area contributed by atoms with Crippen LogP contribution in [0.1, 0.15) is 11.1 Å². The van der Waals surface area contributed by atoms with E-state index in [1.807, 2.05) is 0 Å². The molecule has 0 saturated carbocycles. The molecule has 0 aromatic heterocycles. The van der Waals surface area contributed by atoms with Gasteiger partial charge in [0.15, 0.2) is 0 Å². The monoisotopic (exact) mass is 373 g/mol. The van der Waals surface area contributed by atoms with E-state index in [2.05, 4.69) is 21.2 Å². The van der Waals surface area contributed by atoms with Crippen molar-refractivity contribution in [3.8, 4) is 0 Å². The summed E-state index contributed by atoms with van der Waals surface area (Å²) < 4.78 is 28.5. The Morgan fingerprint density at radius 1 is 1.14 bits per heavy atom. The van der Waals surface area contributed by atoms with Gasteiger partial charge in [-0.2, -0.15) is 0 Å². The molecule has 112 valence electrons. The van der Waals surface area contributed by atoms with Crippen LogP contribution in [0.5, 0.6) is 0 Å². The minimum absolute atomic E-state index is 0.108. The predicted octanol–water partition coefficient (Wildman–Crippen LogP) is 4.75. The maximum absolute atomic E-state index is 13.8. The van der Waals surface area contributed by atoms with Gasteiger partial charge in [0.1, 0.15) is 11.6 Å². The SMILES string of the molecule is CNC(Cc1cc(Br)ccc1F)Cc1c(F)cccc1Cl. The van der Waals surface area contributed by atoms with Crippen molar-refractivity contribution in [3.05, 3.63) is 68.7 Å². The molecule has 0 fully saturated rings. The smallest absolute Gasteiger partial charge is 0.127 e. The zero-order valence-corrected chi connectivity index (χ0v) is 13.8. The minimum atomic E-state index is -0.336. The van der Waals surface area contributed by atoms with Gasteiger partial charge in [0.25, 0.3) is 0 Å². The lowest BCUT2D eigenvalue weighted by Crippen LogP contribution is -2.30. The fourth-order valence-electron chi connectivity index (χ4n) is 2.22. The highest BCUT2D eigenvalue weighted by Crippen LogP contribution is 2.23. The molecule has 0 aliphatic rings. The first-order valence-corrected chi connectivity index (χ1v) is 7.72. The van der Waals surface area contributed by atoms with Crippen LogP contribution in [0.3, 0.4) is 0 Å². The lowest BCUT2D eigenvalue weighted by molar-refractivity contribution is 0.517. The van der Waals surface area contributed by atoms with Crippen molar-refractivity contribution in [2.75, 3.05) is 7.05 Å². The first-order valence-electron chi connectivity index (χ1n) is 6.55. The summed E-state index contributed by atoms with van der Waals surface area (Å²) in [4.78, 5) is 0. The average Bonchev–Trinajstić information content (AvgIpc) is 2.45. The van der Waals surface area contributed by atoms with Crippen LogP contribution in [0.15, 0.2) is 40.9 Å². The van der Waals surface area contributed by atoms with Crippen LogP contribution in [-0.2, 0) is 12.8 Å². The largest absolute Gasteiger partial charge is 0.316 e. The molecular weight excluding hydrogens is 360 g/mol. The molecule has 21 heavy (non-hydrogen) atoms. The molecule has 1 atom stereocenters. The Hall–Kier alpha value is -0.970. The lowest BCUT2D eigenvalue weighted by Gasteiger charge is -2.18. The molecule has 0 radical (unpaired) electrons. The van der Waals surface area contributed by atoms with Crippen molar-refractivity contribution < 1.29 is 8.78 Å². The summed E-state index contributed by atoms with van der Waals surface area (Å²) in [5.74, 6) is -0.601. The number of rotatable bonds is 5. The highest BCUT2D eigenvalue weighted by atomic mass is 79.9. The Kier molecular flexibility index (Phi) is 5.73. The Labute approximate surface area is 136 Å². The van der Waals surface area contributed by atoms with Gasteiger partial charge >= 0.3 is 0 Å². The van der Waals surface area contributed by atoms with E-state index in [0.29, 0.717) is 29.0 Å². The van der Waals surface area contributed by atoms with Crippen molar-refractivity contribution in [3.63, 3.8) is 0 Å². The van der Waals surface area contributed by atoms with Crippen LogP contribution in [0, 0.1) is 11.6 Å². The number of likely N-dealkylation sites (N-methyl/N-ethyl adjacent to an activating group) is 1. The van der Waals surface area contributed by atoms with E-state index in [-0.39, 0.29) is 17.7 Å². The highest BCUT2D eigenvalue weighted by Gasteiger charge is 2.16. The molecule has 2 aromatic carbocycles. The number of hydrogen-bond acceptors (Lipinski definition) is 1. The Morgan fingerprint density at radius 2 is 1.90 bits per heavy atom. The molecule has 0 aliphatic carbocycles. The van der Waals surface area contributed by atoms with Gasteiger partial charge in [-0.15, -0.1) is 0 Å². The van der Waals surface area contributed by atoms with Crippen LogP contribution in [0.25, 0.3) is 0 Å². The van der Waals surface area contributed by atoms with Crippen molar-refractivity contribution in [2.45, 2.75) is 18.9 Å². The molecule has 0 spiro atoms. The fourth-order valence-corrected chi connectivity index (χ4v) is 2.86. The highest BCUT2D eigenvalue weighted by molar-refractivity contribution is 9.10. The molecule has 1 nitrogen and oxygen atoms in total. The average molecular weight is 375 g/mol. The lowest BCUT2D eigenvalue weighted by atomic mass is 9.98. The first kappa shape index (κ1) is 16.4. The summed E-state index contributed by atoms with van der Waals surface area (Å²) in [5.41, 5.74) is 1.03.